The molecule has 3 atom stereocenters. The van der Waals surface area contributed by atoms with Crippen molar-refractivity contribution >= 4 is 5.97 Å². The van der Waals surface area contributed by atoms with Crippen molar-refractivity contribution < 1.29 is 19.0 Å². The van der Waals surface area contributed by atoms with E-state index in [0.717, 1.165) is 51.9 Å². The largest absolute Gasteiger partial charge is 0.468 e. The van der Waals surface area contributed by atoms with Crippen molar-refractivity contribution in [3.05, 3.63) is 0 Å². The van der Waals surface area contributed by atoms with Gasteiger partial charge in [0.15, 0.2) is 0 Å². The van der Waals surface area contributed by atoms with Crippen molar-refractivity contribution in [1.82, 2.24) is 4.90 Å². The Bertz CT molecular complexity index is 340. The van der Waals surface area contributed by atoms with Gasteiger partial charge >= 0.3 is 5.97 Å². The molecule has 3 fully saturated rings. The first-order chi connectivity index (χ1) is 9.24. The van der Waals surface area contributed by atoms with Gasteiger partial charge in [-0.1, -0.05) is 0 Å². The van der Waals surface area contributed by atoms with Crippen molar-refractivity contribution in [1.29, 1.82) is 0 Å². The summed E-state index contributed by atoms with van der Waals surface area (Å²) in [6, 6.07) is 0.384. The molecule has 3 aliphatic heterocycles. The molecule has 5 nitrogen and oxygen atoms in total. The number of esters is 1. The summed E-state index contributed by atoms with van der Waals surface area (Å²) < 4.78 is 16.4. The predicted molar refractivity (Wildman–Crippen MR) is 68.9 cm³/mol. The fourth-order valence-electron chi connectivity index (χ4n) is 3.76. The molecule has 3 saturated heterocycles. The molecule has 3 aliphatic rings. The summed E-state index contributed by atoms with van der Waals surface area (Å²) in [6.07, 6.45) is 4.99. The third-order valence-corrected chi connectivity index (χ3v) is 4.77. The van der Waals surface area contributed by atoms with E-state index < -0.39 is 0 Å². The first-order valence-electron chi connectivity index (χ1n) is 7.29. The van der Waals surface area contributed by atoms with Crippen LogP contribution in [0.25, 0.3) is 0 Å². The van der Waals surface area contributed by atoms with Gasteiger partial charge < -0.3 is 14.2 Å². The lowest BCUT2D eigenvalue weighted by molar-refractivity contribution is -0.150. The van der Waals surface area contributed by atoms with E-state index in [1.54, 1.807) is 0 Å². The Morgan fingerprint density at radius 1 is 1.37 bits per heavy atom. The van der Waals surface area contributed by atoms with Crippen LogP contribution in [0.2, 0.25) is 0 Å². The van der Waals surface area contributed by atoms with Crippen molar-refractivity contribution in [2.24, 2.45) is 0 Å². The zero-order valence-corrected chi connectivity index (χ0v) is 11.6. The molecule has 1 spiro atoms. The second-order valence-electron chi connectivity index (χ2n) is 5.90. The fraction of sp³-hybridized carbons (Fsp3) is 0.929. The molecule has 3 heterocycles. The van der Waals surface area contributed by atoms with Gasteiger partial charge in [-0.25, -0.2) is 0 Å². The van der Waals surface area contributed by atoms with E-state index in [-0.39, 0.29) is 17.6 Å². The Balaban J connectivity index is 1.69. The number of hydrogen-bond acceptors (Lipinski definition) is 5. The molecular formula is C14H23NO4. The van der Waals surface area contributed by atoms with Gasteiger partial charge in [-0.15, -0.1) is 0 Å². The molecule has 0 radical (unpaired) electrons. The lowest BCUT2D eigenvalue weighted by atomic mass is 9.88. The van der Waals surface area contributed by atoms with Crippen molar-refractivity contribution in [3.8, 4) is 0 Å². The van der Waals surface area contributed by atoms with Gasteiger partial charge in [-0.05, 0) is 32.2 Å². The van der Waals surface area contributed by atoms with Crippen LogP contribution in [0.3, 0.4) is 0 Å². The van der Waals surface area contributed by atoms with Gasteiger partial charge in [0.2, 0.25) is 0 Å². The van der Waals surface area contributed by atoms with E-state index in [4.69, 9.17) is 14.2 Å². The zero-order chi connectivity index (χ0) is 13.3. The van der Waals surface area contributed by atoms with Crippen molar-refractivity contribution in [3.63, 3.8) is 0 Å². The van der Waals surface area contributed by atoms with Gasteiger partial charge in [0.25, 0.3) is 0 Å². The first-order valence-corrected chi connectivity index (χ1v) is 7.29. The number of likely N-dealkylation sites (tertiary alicyclic amines) is 1. The number of rotatable bonds is 2. The molecule has 0 aromatic rings. The molecular weight excluding hydrogens is 246 g/mol. The van der Waals surface area contributed by atoms with Gasteiger partial charge in [0, 0.05) is 25.7 Å². The summed E-state index contributed by atoms with van der Waals surface area (Å²) in [4.78, 5) is 14.2. The first kappa shape index (κ1) is 13.3. The summed E-state index contributed by atoms with van der Waals surface area (Å²) in [5.41, 5.74) is -0.0911. The molecule has 0 bridgehead atoms. The van der Waals surface area contributed by atoms with Crippen LogP contribution in [0.5, 0.6) is 0 Å². The Morgan fingerprint density at radius 3 is 3.00 bits per heavy atom. The molecule has 5 heteroatoms. The molecule has 3 unspecified atom stereocenters. The topological polar surface area (TPSA) is 48.0 Å². The maximum atomic E-state index is 11.9. The predicted octanol–water partition coefficient (Wildman–Crippen LogP) is 0.962. The summed E-state index contributed by atoms with van der Waals surface area (Å²) in [5.74, 6) is -0.0827. The van der Waals surface area contributed by atoms with E-state index in [1.165, 1.54) is 7.11 Å². The minimum Gasteiger partial charge on any atom is -0.468 e. The summed E-state index contributed by atoms with van der Waals surface area (Å²) >= 11 is 0. The highest BCUT2D eigenvalue weighted by Crippen LogP contribution is 2.37. The Labute approximate surface area is 114 Å². The third kappa shape index (κ3) is 2.51. The molecule has 0 saturated carbocycles. The van der Waals surface area contributed by atoms with Crippen LogP contribution in [0.4, 0.5) is 0 Å². The van der Waals surface area contributed by atoms with E-state index in [2.05, 4.69) is 4.90 Å². The minimum absolute atomic E-state index is 0.0486. The number of carbonyl (C=O) groups excluding carboxylic acids is 1. The monoisotopic (exact) mass is 269 g/mol. The van der Waals surface area contributed by atoms with Crippen LogP contribution in [-0.2, 0) is 19.0 Å². The number of nitrogens with zero attached hydrogens (tertiary/aromatic N) is 1. The highest BCUT2D eigenvalue weighted by Gasteiger charge is 2.45. The second kappa shape index (κ2) is 5.38. The van der Waals surface area contributed by atoms with E-state index in [9.17, 15) is 4.79 Å². The van der Waals surface area contributed by atoms with Crippen LogP contribution in [0.15, 0.2) is 0 Å². The SMILES string of the molecule is COC(=O)C1CCCN1C1CCOC2(CCOC2)C1. The van der Waals surface area contributed by atoms with E-state index in [1.807, 2.05) is 0 Å². The molecule has 0 N–H and O–H groups in total. The second-order valence-corrected chi connectivity index (χ2v) is 5.90. The van der Waals surface area contributed by atoms with Crippen molar-refractivity contribution in [2.75, 3.05) is 33.5 Å². The van der Waals surface area contributed by atoms with Gasteiger partial charge in [0.05, 0.1) is 19.3 Å². The number of hydrogen-bond donors (Lipinski definition) is 0. The highest BCUT2D eigenvalue weighted by atomic mass is 16.6. The molecule has 0 aromatic heterocycles. The smallest absolute Gasteiger partial charge is 0.323 e. The Kier molecular flexibility index (Phi) is 3.78. The lowest BCUT2D eigenvalue weighted by Gasteiger charge is -2.42. The van der Waals surface area contributed by atoms with Crippen molar-refractivity contribution in [2.45, 2.75) is 49.8 Å². The van der Waals surface area contributed by atoms with Crippen LogP contribution in [0.1, 0.15) is 32.1 Å². The van der Waals surface area contributed by atoms with Crippen LogP contribution in [0, 0.1) is 0 Å². The minimum atomic E-state index is -0.0911. The van der Waals surface area contributed by atoms with Crippen LogP contribution in [-0.4, -0.2) is 62.0 Å². The van der Waals surface area contributed by atoms with Crippen LogP contribution < -0.4 is 0 Å². The summed E-state index contributed by atoms with van der Waals surface area (Å²) in [6.45, 7) is 3.28. The maximum absolute atomic E-state index is 11.9. The summed E-state index contributed by atoms with van der Waals surface area (Å²) in [5, 5.41) is 0. The normalized spacial score (nSPS) is 39.8. The zero-order valence-electron chi connectivity index (χ0n) is 11.6. The Hall–Kier alpha value is -0.650. The molecule has 0 aromatic carbocycles. The fourth-order valence-corrected chi connectivity index (χ4v) is 3.76. The maximum Gasteiger partial charge on any atom is 0.323 e. The van der Waals surface area contributed by atoms with Crippen LogP contribution >= 0.6 is 0 Å². The molecule has 0 aliphatic carbocycles. The quantitative estimate of drug-likeness (QED) is 0.699. The average molecular weight is 269 g/mol. The average Bonchev–Trinajstić information content (AvgIpc) is 3.07. The van der Waals surface area contributed by atoms with E-state index in [0.29, 0.717) is 12.6 Å². The molecule has 0 amide bonds. The number of carbonyl (C=O) groups is 1. The van der Waals surface area contributed by atoms with E-state index >= 15 is 0 Å². The molecule has 19 heavy (non-hydrogen) atoms. The third-order valence-electron chi connectivity index (χ3n) is 4.77. The Morgan fingerprint density at radius 2 is 2.26 bits per heavy atom. The lowest BCUT2D eigenvalue weighted by Crippen LogP contribution is -2.52. The highest BCUT2D eigenvalue weighted by molar-refractivity contribution is 5.76. The molecule has 108 valence electrons. The standard InChI is InChI=1S/C14H23NO4/c1-17-13(16)12-3-2-6-15(12)11-4-7-19-14(9-11)5-8-18-10-14/h11-12H,2-10H2,1H3. The summed E-state index contributed by atoms with van der Waals surface area (Å²) in [7, 11) is 1.48. The number of ether oxygens (including phenoxy) is 3. The van der Waals surface area contributed by atoms with Gasteiger partial charge in [0.1, 0.15) is 6.04 Å². The van der Waals surface area contributed by atoms with Gasteiger partial charge in [-0.3, -0.25) is 9.69 Å². The van der Waals surface area contributed by atoms with Gasteiger partial charge in [-0.2, -0.15) is 0 Å². The number of methoxy groups -OCH3 is 1. The molecule has 3 rings (SSSR count).